The molecule has 32 heavy (non-hydrogen) atoms. The lowest BCUT2D eigenvalue weighted by Crippen LogP contribution is -2.44. The molecule has 0 aromatic carbocycles. The zero-order chi connectivity index (χ0) is 23.7. The summed E-state index contributed by atoms with van der Waals surface area (Å²) in [5, 5.41) is 2.60. The van der Waals surface area contributed by atoms with Crippen molar-refractivity contribution >= 4 is 17.8 Å². The summed E-state index contributed by atoms with van der Waals surface area (Å²) in [5.74, 6) is -1.32. The van der Waals surface area contributed by atoms with E-state index < -0.39 is 23.9 Å². The van der Waals surface area contributed by atoms with Crippen LogP contribution in [0.25, 0.3) is 0 Å². The Hall–Kier alpha value is -2.64. The maximum Gasteiger partial charge on any atom is 0.328 e. The Morgan fingerprint density at radius 3 is 2.38 bits per heavy atom. The maximum absolute atomic E-state index is 13.2. The van der Waals surface area contributed by atoms with Gasteiger partial charge in [0.05, 0.1) is 13.2 Å². The zero-order valence-corrected chi connectivity index (χ0v) is 19.7. The average Bonchev–Trinajstić information content (AvgIpc) is 2.77. The van der Waals surface area contributed by atoms with Gasteiger partial charge in [-0.2, -0.15) is 0 Å². The molecule has 1 saturated carbocycles. The Morgan fingerprint density at radius 2 is 1.75 bits per heavy atom. The molecule has 2 rings (SSSR count). The van der Waals surface area contributed by atoms with Gasteiger partial charge in [0.15, 0.2) is 0 Å². The standard InChI is InChI=1S/C24H36N2O6/c1-5-31-21(27)13-12-20(24(30)32-6-2)25-22(28)19-14-16(3)17(4)26(23(19)29)15-18-10-8-7-9-11-18/h14,18,20H,5-13,15H2,1-4H3,(H,25,28)/t20-/m0/s1. The Labute approximate surface area is 189 Å². The fourth-order valence-electron chi connectivity index (χ4n) is 4.13. The van der Waals surface area contributed by atoms with Crippen LogP contribution >= 0.6 is 0 Å². The topological polar surface area (TPSA) is 104 Å². The Morgan fingerprint density at radius 1 is 1.09 bits per heavy atom. The quantitative estimate of drug-likeness (QED) is 0.552. The molecule has 0 aliphatic heterocycles. The Bertz CT molecular complexity index is 870. The van der Waals surface area contributed by atoms with Crippen LogP contribution in [-0.4, -0.2) is 41.7 Å². The molecule has 1 aliphatic carbocycles. The summed E-state index contributed by atoms with van der Waals surface area (Å²) in [5.41, 5.74) is 1.32. The number of pyridine rings is 1. The van der Waals surface area contributed by atoms with E-state index in [1.165, 1.54) is 19.3 Å². The Kier molecular flexibility index (Phi) is 9.94. The molecule has 1 atom stereocenters. The molecular formula is C24H36N2O6. The van der Waals surface area contributed by atoms with Gasteiger partial charge in [-0.3, -0.25) is 14.4 Å². The third-order valence-corrected chi connectivity index (χ3v) is 6.04. The Balaban J connectivity index is 2.23. The number of rotatable bonds is 10. The lowest BCUT2D eigenvalue weighted by atomic mass is 9.89. The van der Waals surface area contributed by atoms with E-state index in [1.54, 1.807) is 24.5 Å². The van der Waals surface area contributed by atoms with E-state index in [-0.39, 0.29) is 37.2 Å². The van der Waals surface area contributed by atoms with Gasteiger partial charge in [-0.25, -0.2) is 4.79 Å². The van der Waals surface area contributed by atoms with E-state index >= 15 is 0 Å². The molecular weight excluding hydrogens is 412 g/mol. The summed E-state index contributed by atoms with van der Waals surface area (Å²) in [7, 11) is 0. The van der Waals surface area contributed by atoms with Gasteiger partial charge >= 0.3 is 11.9 Å². The van der Waals surface area contributed by atoms with Crippen LogP contribution in [0.15, 0.2) is 10.9 Å². The minimum absolute atomic E-state index is 0.00524. The molecule has 0 unspecified atom stereocenters. The summed E-state index contributed by atoms with van der Waals surface area (Å²) in [6.45, 7) is 8.09. The van der Waals surface area contributed by atoms with Gasteiger partial charge in [0.1, 0.15) is 11.6 Å². The number of ether oxygens (including phenoxy) is 2. The van der Waals surface area contributed by atoms with Crippen molar-refractivity contribution in [1.82, 2.24) is 9.88 Å². The molecule has 0 spiro atoms. The second kappa shape index (κ2) is 12.4. The molecule has 0 bridgehead atoms. The fourth-order valence-corrected chi connectivity index (χ4v) is 4.13. The number of carbonyl (C=O) groups is 3. The number of nitrogens with zero attached hydrogens (tertiary/aromatic N) is 1. The van der Waals surface area contributed by atoms with Gasteiger partial charge in [0, 0.05) is 18.7 Å². The molecule has 8 heteroatoms. The summed E-state index contributed by atoms with van der Waals surface area (Å²) >= 11 is 0. The minimum atomic E-state index is -1.04. The van der Waals surface area contributed by atoms with E-state index in [1.807, 2.05) is 13.8 Å². The van der Waals surface area contributed by atoms with Crippen LogP contribution in [0, 0.1) is 19.8 Å². The highest BCUT2D eigenvalue weighted by Crippen LogP contribution is 2.25. The fraction of sp³-hybridized carbons (Fsp3) is 0.667. The second-order valence-electron chi connectivity index (χ2n) is 8.37. The van der Waals surface area contributed by atoms with Crippen LogP contribution in [0.1, 0.15) is 80.4 Å². The van der Waals surface area contributed by atoms with Crippen molar-refractivity contribution in [1.29, 1.82) is 0 Å². The molecule has 0 saturated heterocycles. The first-order valence-corrected chi connectivity index (χ1v) is 11.6. The van der Waals surface area contributed by atoms with E-state index in [4.69, 9.17) is 9.47 Å². The lowest BCUT2D eigenvalue weighted by molar-refractivity contribution is -0.146. The predicted octanol–water partition coefficient (Wildman–Crippen LogP) is 3.05. The highest BCUT2D eigenvalue weighted by Gasteiger charge is 2.26. The van der Waals surface area contributed by atoms with Crippen LogP contribution in [0.5, 0.6) is 0 Å². The van der Waals surface area contributed by atoms with E-state index in [0.29, 0.717) is 12.5 Å². The molecule has 178 valence electrons. The monoisotopic (exact) mass is 448 g/mol. The second-order valence-corrected chi connectivity index (χ2v) is 8.37. The van der Waals surface area contributed by atoms with Gasteiger partial charge in [0.25, 0.3) is 11.5 Å². The predicted molar refractivity (Wildman–Crippen MR) is 121 cm³/mol. The lowest BCUT2D eigenvalue weighted by Gasteiger charge is -2.24. The average molecular weight is 449 g/mol. The third kappa shape index (κ3) is 6.93. The molecule has 1 aromatic heterocycles. The number of carbonyl (C=O) groups excluding carboxylic acids is 3. The summed E-state index contributed by atoms with van der Waals surface area (Å²) in [6, 6.07) is 0.525. The van der Waals surface area contributed by atoms with Crippen molar-refractivity contribution in [2.45, 2.75) is 85.2 Å². The van der Waals surface area contributed by atoms with Crippen LogP contribution < -0.4 is 10.9 Å². The first-order valence-electron chi connectivity index (χ1n) is 11.6. The molecule has 1 aliphatic rings. The van der Waals surface area contributed by atoms with Gasteiger partial charge in [0.2, 0.25) is 0 Å². The van der Waals surface area contributed by atoms with Crippen LogP contribution in [0.4, 0.5) is 0 Å². The van der Waals surface area contributed by atoms with E-state index in [2.05, 4.69) is 5.32 Å². The largest absolute Gasteiger partial charge is 0.466 e. The number of nitrogens with one attached hydrogen (secondary N) is 1. The van der Waals surface area contributed by atoms with Gasteiger partial charge in [-0.15, -0.1) is 0 Å². The van der Waals surface area contributed by atoms with Crippen molar-refractivity contribution in [3.05, 3.63) is 33.2 Å². The number of amides is 1. The van der Waals surface area contributed by atoms with Crippen LogP contribution in [0.2, 0.25) is 0 Å². The SMILES string of the molecule is CCOC(=O)CC[C@H](NC(=O)c1cc(C)c(C)n(CC2CCCCC2)c1=O)C(=O)OCC. The number of aryl methyl sites for hydroxylation is 1. The number of esters is 2. The molecule has 1 aromatic rings. The molecule has 1 fully saturated rings. The van der Waals surface area contributed by atoms with Crippen molar-refractivity contribution in [2.24, 2.45) is 5.92 Å². The van der Waals surface area contributed by atoms with Crippen LogP contribution in [0.3, 0.4) is 0 Å². The first-order chi connectivity index (χ1) is 15.3. The smallest absolute Gasteiger partial charge is 0.328 e. The number of aromatic nitrogens is 1. The van der Waals surface area contributed by atoms with Gasteiger partial charge < -0.3 is 19.4 Å². The number of hydrogen-bond acceptors (Lipinski definition) is 6. The summed E-state index contributed by atoms with van der Waals surface area (Å²) < 4.78 is 11.6. The maximum atomic E-state index is 13.2. The van der Waals surface area contributed by atoms with Crippen molar-refractivity contribution in [3.8, 4) is 0 Å². The molecule has 0 radical (unpaired) electrons. The molecule has 1 heterocycles. The van der Waals surface area contributed by atoms with Gasteiger partial charge in [-0.05, 0) is 64.5 Å². The zero-order valence-electron chi connectivity index (χ0n) is 19.7. The van der Waals surface area contributed by atoms with E-state index in [9.17, 15) is 19.2 Å². The first kappa shape index (κ1) is 25.6. The number of hydrogen-bond donors (Lipinski definition) is 1. The highest BCUT2D eigenvalue weighted by molar-refractivity contribution is 5.96. The van der Waals surface area contributed by atoms with Gasteiger partial charge in [-0.1, -0.05) is 19.3 Å². The summed E-state index contributed by atoms with van der Waals surface area (Å²) in [4.78, 5) is 50.3. The normalized spacial score (nSPS) is 15.1. The third-order valence-electron chi connectivity index (χ3n) is 6.04. The summed E-state index contributed by atoms with van der Waals surface area (Å²) in [6.07, 6.45) is 5.72. The van der Waals surface area contributed by atoms with Crippen molar-refractivity contribution < 1.29 is 23.9 Å². The molecule has 8 nitrogen and oxygen atoms in total. The van der Waals surface area contributed by atoms with E-state index in [0.717, 1.165) is 24.1 Å². The molecule has 1 N–H and O–H groups in total. The highest BCUT2D eigenvalue weighted by atomic mass is 16.5. The van der Waals surface area contributed by atoms with Crippen molar-refractivity contribution in [2.75, 3.05) is 13.2 Å². The van der Waals surface area contributed by atoms with Crippen LogP contribution in [-0.2, 0) is 25.6 Å². The molecule has 1 amide bonds. The van der Waals surface area contributed by atoms with Crippen molar-refractivity contribution in [3.63, 3.8) is 0 Å². The minimum Gasteiger partial charge on any atom is -0.466 e.